The predicted molar refractivity (Wildman–Crippen MR) is 56.1 cm³/mol. The lowest BCUT2D eigenvalue weighted by Crippen LogP contribution is -2.05. The summed E-state index contributed by atoms with van der Waals surface area (Å²) >= 11 is 5.79. The highest BCUT2D eigenvalue weighted by atomic mass is 35.5. The number of fused-ring (bicyclic) bond motifs is 1. The van der Waals surface area contributed by atoms with Crippen LogP contribution < -0.4 is 10.3 Å². The molecule has 2 aromatic rings. The summed E-state index contributed by atoms with van der Waals surface area (Å²) in [7, 11) is 1.56. The number of ether oxygens (including phenoxy) is 1. The van der Waals surface area contributed by atoms with Crippen molar-refractivity contribution >= 4 is 22.4 Å². The second-order valence-electron chi connectivity index (χ2n) is 2.88. The number of aromatic nitrogens is 1. The van der Waals surface area contributed by atoms with E-state index in [-0.39, 0.29) is 5.56 Å². The average molecular weight is 210 g/mol. The molecule has 1 aromatic heterocycles. The molecule has 0 atom stereocenters. The van der Waals surface area contributed by atoms with Gasteiger partial charge in [-0.25, -0.2) is 0 Å². The molecule has 2 rings (SSSR count). The Balaban J connectivity index is 2.91. The van der Waals surface area contributed by atoms with Gasteiger partial charge in [0.2, 0.25) is 0 Å². The Hall–Kier alpha value is -1.48. The van der Waals surface area contributed by atoms with Crippen LogP contribution in [-0.4, -0.2) is 12.1 Å². The third-order valence-corrected chi connectivity index (χ3v) is 2.28. The van der Waals surface area contributed by atoms with Crippen molar-refractivity contribution in [3.05, 3.63) is 39.8 Å². The van der Waals surface area contributed by atoms with E-state index in [1.54, 1.807) is 31.5 Å². The summed E-state index contributed by atoms with van der Waals surface area (Å²) in [6.45, 7) is 0. The SMILES string of the molecule is COc1c[nH]c(=O)c2cc(Cl)ccc12. The summed E-state index contributed by atoms with van der Waals surface area (Å²) in [5, 5.41) is 1.84. The largest absolute Gasteiger partial charge is 0.495 e. The van der Waals surface area contributed by atoms with Crippen LogP contribution >= 0.6 is 11.6 Å². The first-order valence-corrected chi connectivity index (χ1v) is 4.45. The first-order valence-electron chi connectivity index (χ1n) is 4.07. The van der Waals surface area contributed by atoms with Crippen LogP contribution in [0.25, 0.3) is 10.8 Å². The van der Waals surface area contributed by atoms with Gasteiger partial charge in [0.1, 0.15) is 5.75 Å². The van der Waals surface area contributed by atoms with Crippen molar-refractivity contribution in [2.75, 3.05) is 7.11 Å². The highest BCUT2D eigenvalue weighted by Crippen LogP contribution is 2.23. The Labute approximate surface area is 85.3 Å². The van der Waals surface area contributed by atoms with Crippen LogP contribution in [0.5, 0.6) is 5.75 Å². The Morgan fingerprint density at radius 2 is 2.14 bits per heavy atom. The number of hydrogen-bond acceptors (Lipinski definition) is 2. The van der Waals surface area contributed by atoms with Gasteiger partial charge in [0, 0.05) is 16.6 Å². The van der Waals surface area contributed by atoms with Gasteiger partial charge in [-0.3, -0.25) is 4.79 Å². The van der Waals surface area contributed by atoms with E-state index in [0.29, 0.717) is 16.2 Å². The molecule has 0 radical (unpaired) electrons. The first kappa shape index (κ1) is 9.09. The zero-order chi connectivity index (χ0) is 10.1. The molecule has 1 N–H and O–H groups in total. The van der Waals surface area contributed by atoms with Crippen molar-refractivity contribution in [2.45, 2.75) is 0 Å². The highest BCUT2D eigenvalue weighted by Gasteiger charge is 2.04. The Morgan fingerprint density at radius 1 is 1.36 bits per heavy atom. The number of halogens is 1. The molecule has 0 aliphatic carbocycles. The summed E-state index contributed by atoms with van der Waals surface area (Å²) in [5.74, 6) is 0.635. The minimum absolute atomic E-state index is 0.164. The van der Waals surface area contributed by atoms with E-state index in [4.69, 9.17) is 16.3 Å². The van der Waals surface area contributed by atoms with Gasteiger partial charge >= 0.3 is 0 Å². The van der Waals surface area contributed by atoms with Gasteiger partial charge in [0.05, 0.1) is 12.5 Å². The fraction of sp³-hybridized carbons (Fsp3) is 0.100. The molecule has 0 saturated heterocycles. The number of pyridine rings is 1. The standard InChI is InChI=1S/C10H8ClNO2/c1-14-9-5-12-10(13)8-4-6(11)2-3-7(8)9/h2-5H,1H3,(H,12,13). The van der Waals surface area contributed by atoms with E-state index in [1.807, 2.05) is 0 Å². The molecule has 72 valence electrons. The molecule has 0 aliphatic rings. The molecular formula is C10H8ClNO2. The Kier molecular flexibility index (Phi) is 2.17. The summed E-state index contributed by atoms with van der Waals surface area (Å²) in [6.07, 6.45) is 1.54. The summed E-state index contributed by atoms with van der Waals surface area (Å²) in [4.78, 5) is 14.0. The van der Waals surface area contributed by atoms with Crippen molar-refractivity contribution in [3.63, 3.8) is 0 Å². The average Bonchev–Trinajstić information content (AvgIpc) is 2.19. The first-order chi connectivity index (χ1) is 6.72. The number of rotatable bonds is 1. The van der Waals surface area contributed by atoms with Crippen LogP contribution in [-0.2, 0) is 0 Å². The van der Waals surface area contributed by atoms with Crippen LogP contribution in [0.3, 0.4) is 0 Å². The molecule has 0 bridgehead atoms. The second kappa shape index (κ2) is 3.35. The Morgan fingerprint density at radius 3 is 2.86 bits per heavy atom. The van der Waals surface area contributed by atoms with E-state index >= 15 is 0 Å². The lowest BCUT2D eigenvalue weighted by Gasteiger charge is -2.03. The smallest absolute Gasteiger partial charge is 0.256 e. The van der Waals surface area contributed by atoms with Crippen LogP contribution in [0.4, 0.5) is 0 Å². The monoisotopic (exact) mass is 209 g/mol. The van der Waals surface area contributed by atoms with E-state index in [1.165, 1.54) is 0 Å². The fourth-order valence-electron chi connectivity index (χ4n) is 1.37. The normalized spacial score (nSPS) is 10.4. The molecule has 14 heavy (non-hydrogen) atoms. The van der Waals surface area contributed by atoms with Gasteiger partial charge in [-0.2, -0.15) is 0 Å². The van der Waals surface area contributed by atoms with Gasteiger partial charge in [-0.1, -0.05) is 11.6 Å². The molecular weight excluding hydrogens is 202 g/mol. The van der Waals surface area contributed by atoms with Gasteiger partial charge < -0.3 is 9.72 Å². The number of hydrogen-bond donors (Lipinski definition) is 1. The van der Waals surface area contributed by atoms with Gasteiger partial charge in [0.25, 0.3) is 5.56 Å². The van der Waals surface area contributed by atoms with E-state index in [9.17, 15) is 4.79 Å². The van der Waals surface area contributed by atoms with Crippen LogP contribution in [0, 0.1) is 0 Å². The van der Waals surface area contributed by atoms with E-state index in [0.717, 1.165) is 5.39 Å². The number of H-pyrrole nitrogens is 1. The van der Waals surface area contributed by atoms with Crippen molar-refractivity contribution < 1.29 is 4.74 Å². The minimum atomic E-state index is -0.164. The maximum atomic E-state index is 11.4. The molecule has 1 aromatic carbocycles. The van der Waals surface area contributed by atoms with Crippen LogP contribution in [0.15, 0.2) is 29.2 Å². The summed E-state index contributed by atoms with van der Waals surface area (Å²) in [5.41, 5.74) is -0.164. The molecule has 0 saturated carbocycles. The van der Waals surface area contributed by atoms with Crippen molar-refractivity contribution in [1.82, 2.24) is 4.98 Å². The zero-order valence-electron chi connectivity index (χ0n) is 7.50. The lowest BCUT2D eigenvalue weighted by molar-refractivity contribution is 0.418. The van der Waals surface area contributed by atoms with Gasteiger partial charge in [-0.05, 0) is 18.2 Å². The van der Waals surface area contributed by atoms with Crippen LogP contribution in [0.2, 0.25) is 5.02 Å². The maximum Gasteiger partial charge on any atom is 0.256 e. The van der Waals surface area contributed by atoms with Crippen molar-refractivity contribution in [3.8, 4) is 5.75 Å². The van der Waals surface area contributed by atoms with Gasteiger partial charge in [-0.15, -0.1) is 0 Å². The molecule has 1 heterocycles. The molecule has 0 aliphatic heterocycles. The molecule has 0 unspecified atom stereocenters. The molecule has 0 fully saturated rings. The van der Waals surface area contributed by atoms with E-state index < -0.39 is 0 Å². The van der Waals surface area contributed by atoms with Crippen LogP contribution in [0.1, 0.15) is 0 Å². The summed E-state index contributed by atoms with van der Waals surface area (Å²) in [6, 6.07) is 5.12. The molecule has 4 heteroatoms. The number of benzene rings is 1. The highest BCUT2D eigenvalue weighted by molar-refractivity contribution is 6.31. The Bertz CT molecular complexity index is 533. The molecule has 3 nitrogen and oxygen atoms in total. The second-order valence-corrected chi connectivity index (χ2v) is 3.31. The third kappa shape index (κ3) is 1.36. The lowest BCUT2D eigenvalue weighted by atomic mass is 10.1. The van der Waals surface area contributed by atoms with Crippen molar-refractivity contribution in [2.24, 2.45) is 0 Å². The number of aromatic amines is 1. The minimum Gasteiger partial charge on any atom is -0.495 e. The summed E-state index contributed by atoms with van der Waals surface area (Å²) < 4.78 is 5.11. The van der Waals surface area contributed by atoms with Crippen molar-refractivity contribution in [1.29, 1.82) is 0 Å². The van der Waals surface area contributed by atoms with E-state index in [2.05, 4.69) is 4.98 Å². The molecule has 0 amide bonds. The third-order valence-electron chi connectivity index (χ3n) is 2.05. The number of nitrogens with one attached hydrogen (secondary N) is 1. The fourth-order valence-corrected chi connectivity index (χ4v) is 1.55. The molecule has 0 spiro atoms. The zero-order valence-corrected chi connectivity index (χ0v) is 8.26. The topological polar surface area (TPSA) is 42.1 Å². The van der Waals surface area contributed by atoms with Gasteiger partial charge in [0.15, 0.2) is 0 Å². The quantitative estimate of drug-likeness (QED) is 0.782. The maximum absolute atomic E-state index is 11.4. The number of methoxy groups -OCH3 is 1. The predicted octanol–water partition coefficient (Wildman–Crippen LogP) is 2.19.